The minimum absolute atomic E-state index is 0.301. The molecule has 1 N–H and O–H groups in total. The maximum Gasteiger partial charge on any atom is 0.248 e. The molecule has 0 saturated carbocycles. The zero-order chi connectivity index (χ0) is 18.6. The summed E-state index contributed by atoms with van der Waals surface area (Å²) in [4.78, 5) is 12.8. The van der Waals surface area contributed by atoms with Gasteiger partial charge < -0.3 is 5.32 Å². The molecule has 5 nitrogen and oxygen atoms in total. The molecule has 25 heavy (non-hydrogen) atoms. The number of rotatable bonds is 6. The number of sulfonamides is 1. The Morgan fingerprint density at radius 1 is 1.24 bits per heavy atom. The lowest BCUT2D eigenvalue weighted by atomic mass is 10.2. The Morgan fingerprint density at radius 2 is 1.92 bits per heavy atom. The summed E-state index contributed by atoms with van der Waals surface area (Å²) in [5, 5.41) is 3.17. The zero-order valence-electron chi connectivity index (χ0n) is 13.7. The number of nitrogens with one attached hydrogen (secondary N) is 1. The lowest BCUT2D eigenvalue weighted by molar-refractivity contribution is -0.117. The van der Waals surface area contributed by atoms with Crippen molar-refractivity contribution in [2.75, 3.05) is 15.9 Å². The molecular weight excluding hydrogens is 428 g/mol. The largest absolute Gasteiger partial charge is 0.323 e. The molecule has 0 heterocycles. The topological polar surface area (TPSA) is 66.5 Å². The van der Waals surface area contributed by atoms with Crippen LogP contribution in [0.5, 0.6) is 0 Å². The molecule has 0 radical (unpaired) electrons. The number of carbonyl (C=O) groups excluding carboxylic acids is 1. The van der Waals surface area contributed by atoms with Crippen molar-refractivity contribution in [2.45, 2.75) is 19.4 Å². The molecule has 1 amide bonds. The van der Waals surface area contributed by atoms with Crippen molar-refractivity contribution in [2.24, 2.45) is 0 Å². The number of halogens is 2. The third-order valence-corrected chi connectivity index (χ3v) is 5.63. The minimum Gasteiger partial charge on any atom is -0.323 e. The van der Waals surface area contributed by atoms with Crippen LogP contribution in [-0.2, 0) is 14.8 Å². The highest BCUT2D eigenvalue weighted by Crippen LogP contribution is 2.27. The maximum absolute atomic E-state index is 12.8. The molecule has 0 bridgehead atoms. The van der Waals surface area contributed by atoms with Crippen molar-refractivity contribution in [1.82, 2.24) is 0 Å². The van der Waals surface area contributed by atoms with E-state index in [2.05, 4.69) is 21.2 Å². The van der Waals surface area contributed by atoms with Gasteiger partial charge in [0.15, 0.2) is 0 Å². The van der Waals surface area contributed by atoms with E-state index in [1.807, 2.05) is 6.07 Å². The summed E-state index contributed by atoms with van der Waals surface area (Å²) >= 11 is 9.35. The molecular formula is C17H18BrClN2O3S. The molecule has 0 aliphatic carbocycles. The second kappa shape index (κ2) is 8.21. The number of amides is 1. The molecule has 2 aromatic carbocycles. The van der Waals surface area contributed by atoms with Crippen LogP contribution in [0.1, 0.15) is 13.3 Å². The first-order valence-electron chi connectivity index (χ1n) is 7.54. The van der Waals surface area contributed by atoms with Crippen molar-refractivity contribution in [1.29, 1.82) is 0 Å². The third kappa shape index (κ3) is 4.96. The van der Waals surface area contributed by atoms with Crippen LogP contribution in [0.25, 0.3) is 0 Å². The van der Waals surface area contributed by atoms with Gasteiger partial charge in [-0.1, -0.05) is 36.7 Å². The highest BCUT2D eigenvalue weighted by molar-refractivity contribution is 9.10. The average molecular weight is 446 g/mol. The molecule has 0 fully saturated rings. The summed E-state index contributed by atoms with van der Waals surface area (Å²) in [5.74, 6) is -0.417. The summed E-state index contributed by atoms with van der Waals surface area (Å²) in [7, 11) is -3.69. The van der Waals surface area contributed by atoms with E-state index in [0.29, 0.717) is 27.3 Å². The van der Waals surface area contributed by atoms with Crippen molar-refractivity contribution < 1.29 is 13.2 Å². The van der Waals surface area contributed by atoms with E-state index >= 15 is 0 Å². The second-order valence-corrected chi connectivity index (χ2v) is 8.58. The summed E-state index contributed by atoms with van der Waals surface area (Å²) in [6, 6.07) is 12.7. The summed E-state index contributed by atoms with van der Waals surface area (Å²) in [6.07, 6.45) is 1.37. The van der Waals surface area contributed by atoms with Crippen molar-refractivity contribution in [3.63, 3.8) is 0 Å². The molecule has 8 heteroatoms. The molecule has 0 aliphatic heterocycles. The lowest BCUT2D eigenvalue weighted by Crippen LogP contribution is -2.47. The molecule has 0 unspecified atom stereocenters. The van der Waals surface area contributed by atoms with Gasteiger partial charge in [0.2, 0.25) is 15.9 Å². The Labute approximate surface area is 161 Å². The molecule has 2 rings (SSSR count). The molecule has 1 atom stereocenters. The van der Waals surface area contributed by atoms with Crippen LogP contribution < -0.4 is 9.62 Å². The molecule has 0 spiro atoms. The highest BCUT2D eigenvalue weighted by Gasteiger charge is 2.31. The van der Waals surface area contributed by atoms with Gasteiger partial charge in [0.25, 0.3) is 0 Å². The van der Waals surface area contributed by atoms with Gasteiger partial charge in [-0.15, -0.1) is 0 Å². The van der Waals surface area contributed by atoms with Gasteiger partial charge in [0, 0.05) is 9.50 Å². The predicted molar refractivity (Wildman–Crippen MR) is 106 cm³/mol. The van der Waals surface area contributed by atoms with Gasteiger partial charge in [0.05, 0.1) is 17.6 Å². The molecule has 0 saturated heterocycles. The Bertz CT molecular complexity index is 874. The van der Waals surface area contributed by atoms with Crippen LogP contribution >= 0.6 is 27.5 Å². The van der Waals surface area contributed by atoms with E-state index in [1.54, 1.807) is 43.3 Å². The normalized spacial score (nSPS) is 12.5. The Kier molecular flexibility index (Phi) is 6.48. The summed E-state index contributed by atoms with van der Waals surface area (Å²) in [6.45, 7) is 1.76. The number of anilines is 2. The van der Waals surface area contributed by atoms with Gasteiger partial charge in [-0.2, -0.15) is 0 Å². The molecule has 134 valence electrons. The fraction of sp³-hybridized carbons (Fsp3) is 0.235. The number of hydrogen-bond donors (Lipinski definition) is 1. The van der Waals surface area contributed by atoms with Crippen LogP contribution in [0.15, 0.2) is 53.0 Å². The lowest BCUT2D eigenvalue weighted by Gasteiger charge is -2.30. The van der Waals surface area contributed by atoms with Gasteiger partial charge in [-0.25, -0.2) is 8.42 Å². The first-order chi connectivity index (χ1) is 11.7. The number of hydrogen-bond acceptors (Lipinski definition) is 3. The Morgan fingerprint density at radius 3 is 2.48 bits per heavy atom. The van der Waals surface area contributed by atoms with Crippen molar-refractivity contribution in [3.05, 3.63) is 58.0 Å². The predicted octanol–water partition coefficient (Wildman–Crippen LogP) is 4.29. The number of para-hydroxylation sites is 1. The number of nitrogens with zero attached hydrogens (tertiary/aromatic N) is 1. The number of benzene rings is 2. The minimum atomic E-state index is -3.69. The van der Waals surface area contributed by atoms with Gasteiger partial charge in [0.1, 0.15) is 6.04 Å². The SMILES string of the molecule is CC[C@H](C(=O)Nc1ccccc1Br)N(c1cccc(Cl)c1)S(C)(=O)=O. The first-order valence-corrected chi connectivity index (χ1v) is 10.6. The van der Waals surface area contributed by atoms with Crippen LogP contribution in [0, 0.1) is 0 Å². The highest BCUT2D eigenvalue weighted by atomic mass is 79.9. The van der Waals surface area contributed by atoms with Crippen molar-refractivity contribution in [3.8, 4) is 0 Å². The Hall–Kier alpha value is -1.57. The van der Waals surface area contributed by atoms with Crippen LogP contribution in [-0.4, -0.2) is 26.6 Å². The fourth-order valence-electron chi connectivity index (χ4n) is 2.45. The van der Waals surface area contributed by atoms with Crippen LogP contribution in [0.3, 0.4) is 0 Å². The molecule has 0 aliphatic rings. The van der Waals surface area contributed by atoms with E-state index in [0.717, 1.165) is 10.6 Å². The van der Waals surface area contributed by atoms with E-state index in [4.69, 9.17) is 11.6 Å². The summed E-state index contributed by atoms with van der Waals surface area (Å²) in [5.41, 5.74) is 0.926. The quantitative estimate of drug-likeness (QED) is 0.721. The third-order valence-electron chi connectivity index (χ3n) is 3.52. The second-order valence-electron chi connectivity index (χ2n) is 5.43. The van der Waals surface area contributed by atoms with Gasteiger partial charge in [-0.05, 0) is 52.7 Å². The Balaban J connectivity index is 2.40. The van der Waals surface area contributed by atoms with Crippen molar-refractivity contribution >= 4 is 54.8 Å². The summed E-state index contributed by atoms with van der Waals surface area (Å²) < 4.78 is 26.5. The van der Waals surface area contributed by atoms with E-state index in [1.165, 1.54) is 6.07 Å². The smallest absolute Gasteiger partial charge is 0.248 e. The first kappa shape index (κ1) is 19.8. The van der Waals surface area contributed by atoms with E-state index < -0.39 is 22.0 Å². The maximum atomic E-state index is 12.8. The van der Waals surface area contributed by atoms with E-state index in [9.17, 15) is 13.2 Å². The van der Waals surface area contributed by atoms with Crippen LogP contribution in [0.4, 0.5) is 11.4 Å². The van der Waals surface area contributed by atoms with Crippen LogP contribution in [0.2, 0.25) is 5.02 Å². The zero-order valence-corrected chi connectivity index (χ0v) is 16.9. The fourth-order valence-corrected chi connectivity index (χ4v) is 4.22. The van der Waals surface area contributed by atoms with Gasteiger partial charge >= 0.3 is 0 Å². The van der Waals surface area contributed by atoms with E-state index in [-0.39, 0.29) is 0 Å². The average Bonchev–Trinajstić information content (AvgIpc) is 2.53. The standard InChI is InChI=1S/C17H18BrClN2O3S/c1-3-16(17(22)20-15-10-5-4-9-14(15)18)21(25(2,23)24)13-8-6-7-12(19)11-13/h4-11,16H,3H2,1-2H3,(H,20,22)/t16-/m1/s1. The monoisotopic (exact) mass is 444 g/mol. The number of carbonyl (C=O) groups is 1. The molecule has 2 aromatic rings. The van der Waals surface area contributed by atoms with Gasteiger partial charge in [-0.3, -0.25) is 9.10 Å². The molecule has 0 aromatic heterocycles.